The van der Waals surface area contributed by atoms with Crippen LogP contribution in [-0.2, 0) is 5.41 Å². The van der Waals surface area contributed by atoms with Crippen LogP contribution in [0.3, 0.4) is 0 Å². The maximum Gasteiger partial charge on any atom is 0.0725 e. The van der Waals surface area contributed by atoms with Gasteiger partial charge >= 0.3 is 0 Å². The van der Waals surface area contributed by atoms with Crippen LogP contribution in [0.25, 0.3) is 11.1 Å². The van der Waals surface area contributed by atoms with Gasteiger partial charge in [0, 0.05) is 0 Å². The van der Waals surface area contributed by atoms with Gasteiger partial charge < -0.3 is 0 Å². The summed E-state index contributed by atoms with van der Waals surface area (Å²) < 4.78 is 0. The topological polar surface area (TPSA) is 0 Å². The van der Waals surface area contributed by atoms with E-state index < -0.39 is 0 Å². The Balaban J connectivity index is 2.27. The lowest BCUT2D eigenvalue weighted by molar-refractivity contribution is 0.779. The van der Waals surface area contributed by atoms with Crippen molar-refractivity contribution >= 4 is 0 Å². The molecule has 0 heterocycles. The average molecular weight is 363 g/mol. The highest BCUT2D eigenvalue weighted by molar-refractivity contribution is 5.91. The minimum atomic E-state index is -0.356. The predicted octanol–water partition coefficient (Wildman–Crippen LogP) is 7.47. The third kappa shape index (κ3) is 2.12. The first-order valence-electron chi connectivity index (χ1n) is 9.86. The van der Waals surface area contributed by atoms with E-state index in [1.165, 1.54) is 50.1 Å². The Labute approximate surface area is 168 Å². The molecule has 0 heteroatoms. The summed E-state index contributed by atoms with van der Waals surface area (Å²) in [6, 6.07) is 17.5. The Kier molecular flexibility index (Phi) is 4.43. The first-order chi connectivity index (χ1) is 13.7. The van der Waals surface area contributed by atoms with Crippen LogP contribution >= 0.6 is 0 Å². The molecule has 4 rings (SSSR count). The normalized spacial score (nSPS) is 17.5. The maximum atomic E-state index is 4.27. The van der Waals surface area contributed by atoms with E-state index in [0.717, 1.165) is 0 Å². The minimum Gasteiger partial charge on any atom is -0.0987 e. The second-order valence-corrected chi connectivity index (χ2v) is 7.34. The number of benzene rings is 2. The van der Waals surface area contributed by atoms with Crippen LogP contribution in [0.4, 0.5) is 0 Å². The lowest BCUT2D eigenvalue weighted by Gasteiger charge is -2.32. The summed E-state index contributed by atoms with van der Waals surface area (Å²) in [6.45, 7) is 14.9. The minimum absolute atomic E-state index is 0.356. The van der Waals surface area contributed by atoms with E-state index in [1.807, 2.05) is 6.08 Å². The van der Waals surface area contributed by atoms with E-state index in [1.54, 1.807) is 0 Å². The highest BCUT2D eigenvalue weighted by Gasteiger charge is 2.52. The summed E-state index contributed by atoms with van der Waals surface area (Å²) in [5.41, 5.74) is 11.2. The van der Waals surface area contributed by atoms with Crippen molar-refractivity contribution in [3.63, 3.8) is 0 Å². The highest BCUT2D eigenvalue weighted by Crippen LogP contribution is 2.62. The van der Waals surface area contributed by atoms with Crippen molar-refractivity contribution < 1.29 is 0 Å². The Morgan fingerprint density at radius 1 is 0.821 bits per heavy atom. The highest BCUT2D eigenvalue weighted by atomic mass is 14.5. The van der Waals surface area contributed by atoms with Crippen molar-refractivity contribution in [2.24, 2.45) is 0 Å². The Hall–Kier alpha value is -3.12. The molecule has 1 spiro atoms. The summed E-state index contributed by atoms with van der Waals surface area (Å²) in [6.07, 6.45) is 10.6. The number of fused-ring (bicyclic) bond motifs is 5. The zero-order valence-corrected chi connectivity index (χ0v) is 16.9. The van der Waals surface area contributed by atoms with Crippen molar-refractivity contribution in [2.45, 2.75) is 26.2 Å². The molecule has 0 nitrogen and oxygen atoms in total. The molecule has 0 amide bonds. The molecule has 0 unspecified atom stereocenters. The molecule has 0 fully saturated rings. The second kappa shape index (κ2) is 6.80. The molecule has 0 saturated carbocycles. The molecule has 2 aromatic rings. The number of allylic oxidation sites excluding steroid dienone is 10. The summed E-state index contributed by atoms with van der Waals surface area (Å²) in [7, 11) is 0. The van der Waals surface area contributed by atoms with E-state index >= 15 is 0 Å². The Morgan fingerprint density at radius 2 is 1.36 bits per heavy atom. The van der Waals surface area contributed by atoms with Gasteiger partial charge in [-0.1, -0.05) is 92.1 Å². The van der Waals surface area contributed by atoms with Crippen LogP contribution in [0, 0.1) is 0 Å². The van der Waals surface area contributed by atoms with Crippen LogP contribution in [0.2, 0.25) is 0 Å². The molecule has 138 valence electrons. The van der Waals surface area contributed by atoms with Gasteiger partial charge in [-0.2, -0.15) is 0 Å². The van der Waals surface area contributed by atoms with Gasteiger partial charge in [0.25, 0.3) is 0 Å². The summed E-state index contributed by atoms with van der Waals surface area (Å²) in [4.78, 5) is 0. The maximum absolute atomic E-state index is 4.27. The van der Waals surface area contributed by atoms with E-state index in [4.69, 9.17) is 0 Å². The Bertz CT molecular complexity index is 1070. The van der Waals surface area contributed by atoms with Gasteiger partial charge in [0.2, 0.25) is 0 Å². The molecule has 0 radical (unpaired) electrons. The van der Waals surface area contributed by atoms with E-state index in [2.05, 4.69) is 107 Å². The van der Waals surface area contributed by atoms with Gasteiger partial charge in [0.1, 0.15) is 0 Å². The number of rotatable bonds is 4. The molecule has 0 aromatic heterocycles. The molecule has 0 atom stereocenters. The van der Waals surface area contributed by atoms with Crippen molar-refractivity contribution in [2.75, 3.05) is 0 Å². The summed E-state index contributed by atoms with van der Waals surface area (Å²) in [5.74, 6) is 0. The molecule has 28 heavy (non-hydrogen) atoms. The van der Waals surface area contributed by atoms with Crippen LogP contribution < -0.4 is 0 Å². The predicted molar refractivity (Wildman–Crippen MR) is 121 cm³/mol. The van der Waals surface area contributed by atoms with Crippen LogP contribution in [0.1, 0.15) is 31.9 Å². The van der Waals surface area contributed by atoms with Crippen molar-refractivity contribution in [1.29, 1.82) is 0 Å². The summed E-state index contributed by atoms with van der Waals surface area (Å²) >= 11 is 0. The fourth-order valence-electron chi connectivity index (χ4n) is 5.06. The number of hydrogen-bond donors (Lipinski definition) is 0. The van der Waals surface area contributed by atoms with Crippen molar-refractivity contribution in [3.05, 3.63) is 131 Å². The molecular formula is C28H26. The molecule has 0 N–H and O–H groups in total. The fraction of sp³-hybridized carbons (Fsp3) is 0.143. The van der Waals surface area contributed by atoms with Gasteiger partial charge in [0.15, 0.2) is 0 Å². The van der Waals surface area contributed by atoms with E-state index in [0.29, 0.717) is 0 Å². The molecule has 0 saturated heterocycles. The van der Waals surface area contributed by atoms with Gasteiger partial charge in [-0.15, -0.1) is 0 Å². The molecule has 0 bridgehead atoms. The SMILES string of the molecule is C=CC1=C(/C=C\C)C(/C(C)=C\C)=C(C=C)C12c1ccccc1-c1ccccc12. The van der Waals surface area contributed by atoms with Gasteiger partial charge in [0.05, 0.1) is 5.41 Å². The first-order valence-corrected chi connectivity index (χ1v) is 9.86. The fourth-order valence-corrected chi connectivity index (χ4v) is 5.06. The van der Waals surface area contributed by atoms with Gasteiger partial charge in [-0.05, 0) is 70.9 Å². The van der Waals surface area contributed by atoms with Crippen LogP contribution in [0.15, 0.2) is 120 Å². The lowest BCUT2D eigenvalue weighted by atomic mass is 9.68. The zero-order chi connectivity index (χ0) is 19.9. The van der Waals surface area contributed by atoms with Crippen LogP contribution in [-0.4, -0.2) is 0 Å². The molecule has 2 aromatic carbocycles. The van der Waals surface area contributed by atoms with Crippen molar-refractivity contribution in [3.8, 4) is 11.1 Å². The molecule has 2 aliphatic carbocycles. The first kappa shape index (κ1) is 18.3. The van der Waals surface area contributed by atoms with Gasteiger partial charge in [-0.3, -0.25) is 0 Å². The molecule has 2 aliphatic rings. The van der Waals surface area contributed by atoms with Gasteiger partial charge in [-0.25, -0.2) is 0 Å². The monoisotopic (exact) mass is 362 g/mol. The van der Waals surface area contributed by atoms with E-state index in [9.17, 15) is 0 Å². The third-order valence-corrected chi connectivity index (χ3v) is 6.16. The zero-order valence-electron chi connectivity index (χ0n) is 16.9. The van der Waals surface area contributed by atoms with E-state index in [-0.39, 0.29) is 5.41 Å². The third-order valence-electron chi connectivity index (χ3n) is 6.16. The molecule has 0 aliphatic heterocycles. The number of hydrogen-bond acceptors (Lipinski definition) is 0. The summed E-state index contributed by atoms with van der Waals surface area (Å²) in [5, 5.41) is 0. The smallest absolute Gasteiger partial charge is 0.0725 e. The standard InChI is InChI=1S/C28H26/c1-6-14-22-23(8-3)28(24(9-4)27(22)19(5)7-2)25-17-12-10-15-20(25)21-16-11-13-18-26(21)28/h6-18H,3-4H2,1-2,5H3/b14-6-,19-7-. The quantitative estimate of drug-likeness (QED) is 0.529. The Morgan fingerprint density at radius 3 is 1.82 bits per heavy atom. The second-order valence-electron chi connectivity index (χ2n) is 7.34. The largest absolute Gasteiger partial charge is 0.0987 e. The average Bonchev–Trinajstić information content (AvgIpc) is 3.19. The lowest BCUT2D eigenvalue weighted by Crippen LogP contribution is -2.27. The van der Waals surface area contributed by atoms with Crippen molar-refractivity contribution in [1.82, 2.24) is 0 Å². The van der Waals surface area contributed by atoms with Crippen LogP contribution in [0.5, 0.6) is 0 Å². The molecular weight excluding hydrogens is 336 g/mol.